The van der Waals surface area contributed by atoms with E-state index in [1.807, 2.05) is 37.1 Å². The molecule has 0 fully saturated rings. The molecule has 3 heteroatoms. The van der Waals surface area contributed by atoms with Crippen molar-refractivity contribution in [2.45, 2.75) is 13.3 Å². The Morgan fingerprint density at radius 1 is 1.47 bits per heavy atom. The molecular formula is C12H13NO2. The number of hydrogen-bond acceptors (Lipinski definition) is 3. The largest absolute Gasteiger partial charge is 0.273 e. The average Bonchev–Trinajstić information content (AvgIpc) is 2.29. The van der Waals surface area contributed by atoms with Crippen LogP contribution in [-0.4, -0.2) is 24.2 Å². The molecule has 0 saturated carbocycles. The summed E-state index contributed by atoms with van der Waals surface area (Å²) in [6.07, 6.45) is 0.904. The van der Waals surface area contributed by atoms with Crippen LogP contribution in [0.3, 0.4) is 0 Å². The number of rotatable bonds is 2. The summed E-state index contributed by atoms with van der Waals surface area (Å²) >= 11 is 0. The summed E-state index contributed by atoms with van der Waals surface area (Å²) in [6.45, 7) is 3.19. The van der Waals surface area contributed by atoms with E-state index in [1.165, 1.54) is 5.56 Å². The Morgan fingerprint density at radius 3 is 3.00 bits per heavy atom. The minimum atomic E-state index is 0.513. The Hall–Kier alpha value is -1.57. The lowest BCUT2D eigenvalue weighted by Crippen LogP contribution is -2.30. The maximum absolute atomic E-state index is 10.9. The molecule has 3 nitrogen and oxygen atoms in total. The molecule has 0 amide bonds. The molecule has 0 bridgehead atoms. The predicted octanol–water partition coefficient (Wildman–Crippen LogP) is 1.67. The maximum Gasteiger partial charge on any atom is 0.155 e. The van der Waals surface area contributed by atoms with Gasteiger partial charge in [-0.1, -0.05) is 24.3 Å². The average molecular weight is 203 g/mol. The number of carbonyl (C=O) groups excluding carboxylic acids is 1. The third-order valence-electron chi connectivity index (χ3n) is 2.49. The van der Waals surface area contributed by atoms with E-state index in [4.69, 9.17) is 4.84 Å². The van der Waals surface area contributed by atoms with Crippen molar-refractivity contribution in [3.8, 4) is 0 Å². The number of hydrogen-bond donors (Lipinski definition) is 0. The maximum atomic E-state index is 10.9. The highest BCUT2D eigenvalue weighted by Crippen LogP contribution is 2.26. The van der Waals surface area contributed by atoms with Crippen LogP contribution in [0.25, 0.3) is 5.70 Å². The first kappa shape index (κ1) is 9.97. The summed E-state index contributed by atoms with van der Waals surface area (Å²) < 4.78 is 0. The van der Waals surface area contributed by atoms with Crippen LogP contribution in [0.4, 0.5) is 0 Å². The summed E-state index contributed by atoms with van der Waals surface area (Å²) in [4.78, 5) is 16.3. The van der Waals surface area contributed by atoms with Gasteiger partial charge in [0.15, 0.2) is 11.6 Å². The topological polar surface area (TPSA) is 29.5 Å². The summed E-state index contributed by atoms with van der Waals surface area (Å²) in [5.41, 5.74) is 2.64. The Labute approximate surface area is 88.9 Å². The number of fused-ring (bicyclic) bond motifs is 1. The fraction of sp³-hybridized carbons (Fsp3) is 0.333. The second-order valence-electron chi connectivity index (χ2n) is 3.38. The Kier molecular flexibility index (Phi) is 2.86. The molecule has 0 aromatic heterocycles. The summed E-state index contributed by atoms with van der Waals surface area (Å²) in [6, 6.07) is 7.87. The molecule has 0 atom stereocenters. The van der Waals surface area contributed by atoms with Crippen molar-refractivity contribution in [3.63, 3.8) is 0 Å². The Bertz CT molecular complexity index is 408. The van der Waals surface area contributed by atoms with Gasteiger partial charge in [-0.3, -0.25) is 4.84 Å². The lowest BCUT2D eigenvalue weighted by Gasteiger charge is -2.29. The van der Waals surface area contributed by atoms with E-state index >= 15 is 0 Å². The Morgan fingerprint density at radius 2 is 2.27 bits per heavy atom. The minimum absolute atomic E-state index is 0.513. The minimum Gasteiger partial charge on any atom is -0.273 e. The van der Waals surface area contributed by atoms with Gasteiger partial charge in [0.1, 0.15) is 0 Å². The van der Waals surface area contributed by atoms with E-state index in [9.17, 15) is 4.79 Å². The normalized spacial score (nSPS) is 14.7. The smallest absolute Gasteiger partial charge is 0.155 e. The lowest BCUT2D eigenvalue weighted by atomic mass is 9.99. The number of hydroxylamine groups is 2. The van der Waals surface area contributed by atoms with E-state index in [1.54, 1.807) is 5.06 Å². The van der Waals surface area contributed by atoms with Gasteiger partial charge in [-0.2, -0.15) is 0 Å². The zero-order valence-corrected chi connectivity index (χ0v) is 8.69. The first-order valence-corrected chi connectivity index (χ1v) is 5.10. The lowest BCUT2D eigenvalue weighted by molar-refractivity contribution is -0.104. The first-order chi connectivity index (χ1) is 7.36. The molecule has 1 aliphatic heterocycles. The van der Waals surface area contributed by atoms with Gasteiger partial charge in [-0.05, 0) is 18.9 Å². The molecule has 0 N–H and O–H groups in total. The van der Waals surface area contributed by atoms with Crippen LogP contribution >= 0.6 is 0 Å². The van der Waals surface area contributed by atoms with Gasteiger partial charge < -0.3 is 0 Å². The van der Waals surface area contributed by atoms with E-state index < -0.39 is 0 Å². The first-order valence-electron chi connectivity index (χ1n) is 5.10. The van der Waals surface area contributed by atoms with Crippen molar-refractivity contribution in [1.29, 1.82) is 0 Å². The molecule has 1 aromatic rings. The molecule has 78 valence electrons. The van der Waals surface area contributed by atoms with Gasteiger partial charge in [0.25, 0.3) is 0 Å². The van der Waals surface area contributed by atoms with Crippen molar-refractivity contribution in [1.82, 2.24) is 5.06 Å². The molecule has 2 rings (SSSR count). The van der Waals surface area contributed by atoms with Gasteiger partial charge in [0.2, 0.25) is 0 Å². The van der Waals surface area contributed by atoms with Gasteiger partial charge in [-0.25, -0.2) is 9.86 Å². The third-order valence-corrected chi connectivity index (χ3v) is 2.49. The highest BCUT2D eigenvalue weighted by molar-refractivity contribution is 5.87. The van der Waals surface area contributed by atoms with Gasteiger partial charge in [-0.15, -0.1) is 0 Å². The van der Waals surface area contributed by atoms with Crippen molar-refractivity contribution < 1.29 is 9.63 Å². The summed E-state index contributed by atoms with van der Waals surface area (Å²) in [7, 11) is 0. The van der Waals surface area contributed by atoms with Crippen LogP contribution in [-0.2, 0) is 16.1 Å². The standard InChI is InChI=1S/C12H13NO2/c1-2-15-13-8-7-10-5-3-4-6-11(10)12(13)9-14/h3-6H,2,7-8H2,1H3. The molecule has 0 unspecified atom stereocenters. The zero-order chi connectivity index (χ0) is 10.7. The van der Waals surface area contributed by atoms with Crippen molar-refractivity contribution >= 4 is 11.6 Å². The van der Waals surface area contributed by atoms with Crippen LogP contribution in [0.1, 0.15) is 18.1 Å². The molecule has 0 radical (unpaired) electrons. The monoisotopic (exact) mass is 203 g/mol. The summed E-state index contributed by atoms with van der Waals surface area (Å²) in [5.74, 6) is 1.96. The van der Waals surface area contributed by atoms with Crippen molar-refractivity contribution in [2.75, 3.05) is 13.2 Å². The quantitative estimate of drug-likeness (QED) is 0.685. The molecule has 0 spiro atoms. The van der Waals surface area contributed by atoms with Crippen LogP contribution in [0.2, 0.25) is 0 Å². The highest BCUT2D eigenvalue weighted by atomic mass is 16.7. The molecule has 15 heavy (non-hydrogen) atoms. The van der Waals surface area contributed by atoms with E-state index in [0.717, 1.165) is 18.5 Å². The second kappa shape index (κ2) is 4.30. The van der Waals surface area contributed by atoms with Crippen LogP contribution in [0, 0.1) is 0 Å². The fourth-order valence-electron chi connectivity index (χ4n) is 1.83. The van der Waals surface area contributed by atoms with E-state index in [-0.39, 0.29) is 0 Å². The van der Waals surface area contributed by atoms with Gasteiger partial charge >= 0.3 is 0 Å². The molecule has 1 heterocycles. The highest BCUT2D eigenvalue weighted by Gasteiger charge is 2.21. The van der Waals surface area contributed by atoms with Crippen LogP contribution in [0.15, 0.2) is 24.3 Å². The molecule has 1 aliphatic rings. The molecule has 0 saturated heterocycles. The molecule has 1 aromatic carbocycles. The summed E-state index contributed by atoms with van der Waals surface area (Å²) in [5, 5.41) is 1.63. The SMILES string of the molecule is CCON1CCc2ccccc2C1=C=O. The zero-order valence-electron chi connectivity index (χ0n) is 8.69. The van der Waals surface area contributed by atoms with Crippen molar-refractivity contribution in [2.24, 2.45) is 0 Å². The Balaban J connectivity index is 2.39. The van der Waals surface area contributed by atoms with Crippen LogP contribution in [0.5, 0.6) is 0 Å². The molecule has 0 aliphatic carbocycles. The number of nitrogens with zero attached hydrogens (tertiary/aromatic N) is 1. The van der Waals surface area contributed by atoms with Crippen LogP contribution < -0.4 is 0 Å². The molecular weight excluding hydrogens is 190 g/mol. The predicted molar refractivity (Wildman–Crippen MR) is 57.6 cm³/mol. The van der Waals surface area contributed by atoms with Crippen molar-refractivity contribution in [3.05, 3.63) is 35.4 Å². The van der Waals surface area contributed by atoms with Gasteiger partial charge in [0.05, 0.1) is 13.2 Å². The van der Waals surface area contributed by atoms with E-state index in [0.29, 0.717) is 12.3 Å². The second-order valence-corrected chi connectivity index (χ2v) is 3.38. The third kappa shape index (κ3) is 1.80. The number of benzene rings is 1. The van der Waals surface area contributed by atoms with Gasteiger partial charge in [0, 0.05) is 5.56 Å². The van der Waals surface area contributed by atoms with E-state index in [2.05, 4.69) is 0 Å². The fourth-order valence-corrected chi connectivity index (χ4v) is 1.83.